The number of rotatable bonds is 7. The van der Waals surface area contributed by atoms with Crippen LogP contribution < -0.4 is 5.73 Å². The molecule has 1 aromatic carbocycles. The topological polar surface area (TPSA) is 26.0 Å². The highest BCUT2D eigenvalue weighted by Crippen LogP contribution is 2.20. The van der Waals surface area contributed by atoms with Gasteiger partial charge in [0.2, 0.25) is 0 Å². The molecule has 0 aliphatic heterocycles. The van der Waals surface area contributed by atoms with Gasteiger partial charge in [-0.1, -0.05) is 45.2 Å². The molecule has 0 fully saturated rings. The maximum absolute atomic E-state index is 13.6. The van der Waals surface area contributed by atoms with Crippen molar-refractivity contribution in [2.75, 3.05) is 0 Å². The highest BCUT2D eigenvalue weighted by atomic mass is 19.2. The van der Waals surface area contributed by atoms with Gasteiger partial charge in [-0.25, -0.2) is 8.78 Å². The second-order valence-corrected chi connectivity index (χ2v) is 4.89. The van der Waals surface area contributed by atoms with E-state index in [1.54, 1.807) is 6.07 Å². The lowest BCUT2D eigenvalue weighted by Gasteiger charge is -2.22. The summed E-state index contributed by atoms with van der Waals surface area (Å²) in [4.78, 5) is 0. The lowest BCUT2D eigenvalue weighted by Crippen LogP contribution is -2.32. The van der Waals surface area contributed by atoms with E-state index in [0.717, 1.165) is 31.7 Å². The molecule has 0 radical (unpaired) electrons. The molecule has 0 aliphatic carbocycles. The second-order valence-electron chi connectivity index (χ2n) is 4.89. The summed E-state index contributed by atoms with van der Waals surface area (Å²) in [6.45, 7) is 4.24. The van der Waals surface area contributed by atoms with Crippen LogP contribution in [0.2, 0.25) is 0 Å². The van der Waals surface area contributed by atoms with Crippen molar-refractivity contribution in [3.05, 3.63) is 35.4 Å². The van der Waals surface area contributed by atoms with Gasteiger partial charge in [0.25, 0.3) is 0 Å². The van der Waals surface area contributed by atoms with Gasteiger partial charge < -0.3 is 5.73 Å². The van der Waals surface area contributed by atoms with E-state index in [1.165, 1.54) is 6.07 Å². The van der Waals surface area contributed by atoms with Gasteiger partial charge in [-0.3, -0.25) is 0 Å². The first-order chi connectivity index (χ1) is 8.60. The van der Waals surface area contributed by atoms with Crippen LogP contribution in [0.1, 0.15) is 45.1 Å². The third-order valence-electron chi connectivity index (χ3n) is 3.55. The fourth-order valence-electron chi connectivity index (χ4n) is 2.31. The van der Waals surface area contributed by atoms with Crippen LogP contribution in [0.15, 0.2) is 18.2 Å². The summed E-state index contributed by atoms with van der Waals surface area (Å²) in [5.41, 5.74) is 6.52. The number of halogens is 2. The normalized spacial score (nSPS) is 14.5. The summed E-state index contributed by atoms with van der Waals surface area (Å²) >= 11 is 0. The molecule has 2 atom stereocenters. The van der Waals surface area contributed by atoms with Crippen LogP contribution in [0.4, 0.5) is 8.78 Å². The molecule has 1 nitrogen and oxygen atoms in total. The highest BCUT2D eigenvalue weighted by molar-refractivity contribution is 5.20. The highest BCUT2D eigenvalue weighted by Gasteiger charge is 2.18. The van der Waals surface area contributed by atoms with Crippen LogP contribution in [0.25, 0.3) is 0 Å². The predicted molar refractivity (Wildman–Crippen MR) is 71.3 cm³/mol. The van der Waals surface area contributed by atoms with Gasteiger partial charge in [-0.15, -0.1) is 0 Å². The van der Waals surface area contributed by atoms with Crippen molar-refractivity contribution in [2.45, 2.75) is 52.0 Å². The minimum atomic E-state index is -0.790. The van der Waals surface area contributed by atoms with Gasteiger partial charge >= 0.3 is 0 Å². The first-order valence-electron chi connectivity index (χ1n) is 6.78. The first kappa shape index (κ1) is 15.1. The standard InChI is InChI=1S/C15H23F2N/c1-3-5-7-11(4-2)14(18)10-12-8-6-9-13(16)15(12)17/h6,8-9,11,14H,3-5,7,10,18H2,1-2H3. The van der Waals surface area contributed by atoms with Crippen LogP contribution in [0.3, 0.4) is 0 Å². The van der Waals surface area contributed by atoms with Gasteiger partial charge in [0.1, 0.15) is 0 Å². The van der Waals surface area contributed by atoms with E-state index in [2.05, 4.69) is 13.8 Å². The number of benzene rings is 1. The smallest absolute Gasteiger partial charge is 0.162 e. The van der Waals surface area contributed by atoms with Crippen molar-refractivity contribution in [1.29, 1.82) is 0 Å². The zero-order chi connectivity index (χ0) is 13.5. The Labute approximate surface area is 108 Å². The zero-order valence-electron chi connectivity index (χ0n) is 11.3. The summed E-state index contributed by atoms with van der Waals surface area (Å²) in [5, 5.41) is 0. The van der Waals surface area contributed by atoms with Gasteiger partial charge in [0.05, 0.1) is 0 Å². The molecule has 2 unspecified atom stereocenters. The molecule has 0 amide bonds. The molecule has 0 aliphatic rings. The number of nitrogens with two attached hydrogens (primary N) is 1. The van der Waals surface area contributed by atoms with Crippen LogP contribution in [0.5, 0.6) is 0 Å². The van der Waals surface area contributed by atoms with Crippen LogP contribution in [-0.4, -0.2) is 6.04 Å². The molecular weight excluding hydrogens is 232 g/mol. The monoisotopic (exact) mass is 255 g/mol. The molecule has 0 heterocycles. The Hall–Kier alpha value is -0.960. The van der Waals surface area contributed by atoms with Crippen LogP contribution in [-0.2, 0) is 6.42 Å². The van der Waals surface area contributed by atoms with E-state index in [1.807, 2.05) is 0 Å². The largest absolute Gasteiger partial charge is 0.327 e. The fourth-order valence-corrected chi connectivity index (χ4v) is 2.31. The van der Waals surface area contributed by atoms with E-state index in [9.17, 15) is 8.78 Å². The third kappa shape index (κ3) is 4.05. The Balaban J connectivity index is 2.67. The van der Waals surface area contributed by atoms with E-state index in [-0.39, 0.29) is 6.04 Å². The molecule has 1 aromatic rings. The first-order valence-corrected chi connectivity index (χ1v) is 6.78. The Kier molecular flexibility index (Phi) is 6.27. The van der Waals surface area contributed by atoms with Crippen molar-refractivity contribution >= 4 is 0 Å². The van der Waals surface area contributed by atoms with E-state index >= 15 is 0 Å². The summed E-state index contributed by atoms with van der Waals surface area (Å²) < 4.78 is 26.7. The lowest BCUT2D eigenvalue weighted by atomic mass is 9.88. The average Bonchev–Trinajstić information content (AvgIpc) is 2.36. The molecule has 0 saturated heterocycles. The number of unbranched alkanes of at least 4 members (excludes halogenated alkanes) is 1. The third-order valence-corrected chi connectivity index (χ3v) is 3.55. The van der Waals surface area contributed by atoms with E-state index in [0.29, 0.717) is 17.9 Å². The molecule has 18 heavy (non-hydrogen) atoms. The van der Waals surface area contributed by atoms with Gasteiger partial charge in [-0.05, 0) is 30.4 Å². The molecule has 0 saturated carbocycles. The zero-order valence-corrected chi connectivity index (χ0v) is 11.3. The maximum Gasteiger partial charge on any atom is 0.162 e. The average molecular weight is 255 g/mol. The van der Waals surface area contributed by atoms with Crippen molar-refractivity contribution in [2.24, 2.45) is 11.7 Å². The molecule has 0 aromatic heterocycles. The number of hydrogen-bond donors (Lipinski definition) is 1. The van der Waals surface area contributed by atoms with E-state index in [4.69, 9.17) is 5.73 Å². The molecular formula is C15H23F2N. The second kappa shape index (κ2) is 7.47. The van der Waals surface area contributed by atoms with Crippen molar-refractivity contribution in [3.8, 4) is 0 Å². The van der Waals surface area contributed by atoms with Gasteiger partial charge in [0.15, 0.2) is 11.6 Å². The van der Waals surface area contributed by atoms with Gasteiger partial charge in [0, 0.05) is 6.04 Å². The van der Waals surface area contributed by atoms with Crippen LogP contribution in [0, 0.1) is 17.6 Å². The summed E-state index contributed by atoms with van der Waals surface area (Å²) in [7, 11) is 0. The Morgan fingerprint density at radius 1 is 1.22 bits per heavy atom. The molecule has 3 heteroatoms. The van der Waals surface area contributed by atoms with E-state index < -0.39 is 11.6 Å². The molecule has 102 valence electrons. The van der Waals surface area contributed by atoms with Crippen molar-refractivity contribution in [3.63, 3.8) is 0 Å². The molecule has 2 N–H and O–H groups in total. The maximum atomic E-state index is 13.6. The minimum Gasteiger partial charge on any atom is -0.327 e. The SMILES string of the molecule is CCCCC(CC)C(N)Cc1cccc(F)c1F. The lowest BCUT2D eigenvalue weighted by molar-refractivity contribution is 0.364. The molecule has 0 spiro atoms. The molecule has 0 bridgehead atoms. The number of hydrogen-bond acceptors (Lipinski definition) is 1. The Morgan fingerprint density at radius 3 is 2.56 bits per heavy atom. The fraction of sp³-hybridized carbons (Fsp3) is 0.600. The van der Waals surface area contributed by atoms with Crippen molar-refractivity contribution in [1.82, 2.24) is 0 Å². The quantitative estimate of drug-likeness (QED) is 0.781. The minimum absolute atomic E-state index is 0.0992. The predicted octanol–water partition coefficient (Wildman–Crippen LogP) is 4.05. The van der Waals surface area contributed by atoms with Crippen molar-refractivity contribution < 1.29 is 8.78 Å². The Bertz CT molecular complexity index is 366. The summed E-state index contributed by atoms with van der Waals surface area (Å²) in [6, 6.07) is 4.19. The summed E-state index contributed by atoms with van der Waals surface area (Å²) in [5.74, 6) is -1.16. The van der Waals surface area contributed by atoms with Crippen LogP contribution >= 0.6 is 0 Å². The summed E-state index contributed by atoms with van der Waals surface area (Å²) in [6.07, 6.45) is 4.73. The molecule has 1 rings (SSSR count). The van der Waals surface area contributed by atoms with Gasteiger partial charge in [-0.2, -0.15) is 0 Å². The Morgan fingerprint density at radius 2 is 1.94 bits per heavy atom.